The van der Waals surface area contributed by atoms with E-state index >= 15 is 0 Å². The van der Waals surface area contributed by atoms with Gasteiger partial charge in [-0.3, -0.25) is 0 Å². The molecule has 15 aromatic rings. The molecule has 0 saturated heterocycles. The minimum Gasteiger partial charge on any atom is -0.400 e. The third-order valence-corrected chi connectivity index (χ3v) is 20.1. The van der Waals surface area contributed by atoms with Crippen molar-refractivity contribution < 1.29 is 40.9 Å². The minimum absolute atomic E-state index is 0.349. The predicted molar refractivity (Wildman–Crippen MR) is 573 cm³/mol. The lowest BCUT2D eigenvalue weighted by atomic mass is 9.89. The number of aliphatic hydroxyl groups excluding tert-OH is 8. The van der Waals surface area contributed by atoms with Gasteiger partial charge < -0.3 is 40.9 Å². The van der Waals surface area contributed by atoms with Crippen LogP contribution in [0.5, 0.6) is 0 Å². The Hall–Kier alpha value is -9.57. The highest BCUT2D eigenvalue weighted by molar-refractivity contribution is 7.99. The maximum absolute atomic E-state index is 7.00. The Labute approximate surface area is 792 Å². The summed E-state index contributed by atoms with van der Waals surface area (Å²) in [6.45, 7) is 6.86. The summed E-state index contributed by atoms with van der Waals surface area (Å²) in [7, 11) is 8.00. The Kier molecular flexibility index (Phi) is 80.0. The highest BCUT2D eigenvalue weighted by atomic mass is 32.2. The lowest BCUT2D eigenvalue weighted by Gasteiger charge is -2.15. The molecule has 672 valence electrons. The van der Waals surface area contributed by atoms with E-state index < -0.39 is 0 Å². The average Bonchev–Trinajstić information content (AvgIpc) is 0.830. The van der Waals surface area contributed by atoms with Gasteiger partial charge in [0.05, 0.1) is 0 Å². The first-order valence-electron chi connectivity index (χ1n) is 40.3. The number of hydrogen-bond donors (Lipinski definition) is 12. The van der Waals surface area contributed by atoms with Crippen molar-refractivity contribution in [1.82, 2.24) is 0 Å². The number of thiol groups is 4. The monoisotopic (exact) mass is 1820 g/mol. The van der Waals surface area contributed by atoms with Crippen LogP contribution in [0.15, 0.2) is 433 Å². The zero-order chi connectivity index (χ0) is 94.8. The van der Waals surface area contributed by atoms with E-state index in [4.69, 9.17) is 40.9 Å². The van der Waals surface area contributed by atoms with Crippen molar-refractivity contribution in [3.05, 3.63) is 452 Å². The van der Waals surface area contributed by atoms with Crippen molar-refractivity contribution in [3.63, 3.8) is 0 Å². The highest BCUT2D eigenvalue weighted by Crippen LogP contribution is 2.35. The van der Waals surface area contributed by atoms with Gasteiger partial charge in [-0.2, -0.15) is 50.5 Å². The van der Waals surface area contributed by atoms with Gasteiger partial charge >= 0.3 is 0 Å². The molecule has 0 aliphatic carbocycles. The van der Waals surface area contributed by atoms with Gasteiger partial charge in [-0.25, -0.2) is 0 Å². The van der Waals surface area contributed by atoms with Gasteiger partial charge in [0.25, 0.3) is 0 Å². The molecule has 0 aliphatic heterocycles. The molecule has 8 nitrogen and oxygen atoms in total. The molecule has 15 heteroatoms. The largest absolute Gasteiger partial charge is 0.400 e. The van der Waals surface area contributed by atoms with Crippen LogP contribution in [0, 0.1) is 0 Å². The molecule has 0 saturated carbocycles. The first kappa shape index (κ1) is 121. The molecule has 0 aromatic heterocycles. The predicted octanol–water partition coefficient (Wildman–Crippen LogP) is 27.8. The van der Waals surface area contributed by atoms with Gasteiger partial charge in [0, 0.05) is 89.3 Å². The summed E-state index contributed by atoms with van der Waals surface area (Å²) in [6, 6.07) is 148. The van der Waals surface area contributed by atoms with Crippen LogP contribution >= 0.6 is 85.8 Å². The molecule has 0 aliphatic rings. The molecule has 0 heterocycles. The molecule has 0 spiro atoms. The first-order valence-corrected chi connectivity index (χ1v) is 47.5. The maximum Gasteiger partial charge on any atom is 0.0319 e. The van der Waals surface area contributed by atoms with E-state index in [-0.39, 0.29) is 0 Å². The molecule has 15 rings (SSSR count). The van der Waals surface area contributed by atoms with Gasteiger partial charge in [-0.1, -0.05) is 403 Å². The summed E-state index contributed by atoms with van der Waals surface area (Å²) in [5.74, 6) is 1.05. The Balaban J connectivity index is -0.00000144. The standard InChI is InChI=1S/3C26H22.3C7H8S.8CH4O.4CH4S/c3*1-20(23-14-8-16-25(18-23)21-10-4-2-5-11-21)24-15-9-17-26(19-24)22-12-6-3-7-13-22;3*1-8-7-5-3-2-4-6-7;12*1-2/h3*2-20H,1H3;3*2-6H,1H3;12*2H,1H3. The van der Waals surface area contributed by atoms with Crippen molar-refractivity contribution in [3.8, 4) is 66.8 Å². The molecule has 0 amide bonds. The number of aliphatic hydroxyl groups is 8. The van der Waals surface area contributed by atoms with E-state index in [9.17, 15) is 0 Å². The first-order chi connectivity index (χ1) is 62.2. The summed E-state index contributed by atoms with van der Waals surface area (Å²) in [4.78, 5) is 3.98. The fourth-order valence-corrected chi connectivity index (χ4v) is 13.2. The van der Waals surface area contributed by atoms with Crippen LogP contribution < -0.4 is 0 Å². The average molecular weight is 1820 g/mol. The van der Waals surface area contributed by atoms with Crippen molar-refractivity contribution >= 4 is 85.8 Å². The molecule has 0 atom stereocenters. The van der Waals surface area contributed by atoms with Crippen LogP contribution in [0.4, 0.5) is 0 Å². The van der Waals surface area contributed by atoms with Crippen LogP contribution in [-0.4, -0.2) is 142 Å². The second-order valence-corrected chi connectivity index (χ2v) is 27.3. The minimum atomic E-state index is 0.349. The Morgan fingerprint density at radius 3 is 0.357 bits per heavy atom. The fourth-order valence-electron chi connectivity index (χ4n) is 12.0. The summed E-state index contributed by atoms with van der Waals surface area (Å²) >= 11 is 19.4. The van der Waals surface area contributed by atoms with Crippen molar-refractivity contribution in [2.24, 2.45) is 0 Å². The van der Waals surface area contributed by atoms with Crippen LogP contribution in [0.1, 0.15) is 71.9 Å². The zero-order valence-corrected chi connectivity index (χ0v) is 82.7. The van der Waals surface area contributed by atoms with Crippen LogP contribution in [0.3, 0.4) is 0 Å². The molecule has 0 fully saturated rings. The summed E-state index contributed by atoms with van der Waals surface area (Å²) in [5.41, 5.74) is 23.3. The highest BCUT2D eigenvalue weighted by Gasteiger charge is 2.15. The van der Waals surface area contributed by atoms with E-state index in [1.807, 2.05) is 54.6 Å². The number of benzene rings is 15. The number of hydrogen-bond acceptors (Lipinski definition) is 15. The molecular weight excluding hydrogens is 1690 g/mol. The molecule has 0 radical (unpaired) electrons. The third-order valence-electron chi connectivity index (χ3n) is 17.9. The second-order valence-electron chi connectivity index (χ2n) is 24.7. The lowest BCUT2D eigenvalue weighted by molar-refractivity contribution is 0.399. The quantitative estimate of drug-likeness (QED) is 0.0350. The molecule has 126 heavy (non-hydrogen) atoms. The summed E-state index contributed by atoms with van der Waals surface area (Å²) in [5, 5.41) is 56.0. The third kappa shape index (κ3) is 47.3. The van der Waals surface area contributed by atoms with Gasteiger partial charge in [0.15, 0.2) is 0 Å². The van der Waals surface area contributed by atoms with Crippen molar-refractivity contribution in [1.29, 1.82) is 0 Å². The smallest absolute Gasteiger partial charge is 0.0319 e. The van der Waals surface area contributed by atoms with Crippen LogP contribution in [-0.2, 0) is 0 Å². The van der Waals surface area contributed by atoms with E-state index in [0.717, 1.165) is 56.9 Å². The van der Waals surface area contributed by atoms with E-state index in [2.05, 4.69) is 454 Å². The molecule has 15 aromatic carbocycles. The normalized spacial score (nSPS) is 9.02. The lowest BCUT2D eigenvalue weighted by Crippen LogP contribution is -1.97. The maximum atomic E-state index is 7.00. The fraction of sp³-hybridized carbons (Fsp3) is 0.189. The summed E-state index contributed by atoms with van der Waals surface area (Å²) in [6.07, 6.45) is 13.0. The SMILES string of the molecule is CC(c1cccc(-c2ccccc2)c1)c1cccc(-c2ccccc2)c1.CC(c1cccc(-c2ccccc2)c1)c1cccc(-c2ccccc2)c1.CC(c1cccc(-c2ccccc2)c1)c1cccc(-c2ccccc2)c1.CO.CO.CO.CO.CO.CO.CO.CO.CS.CS.CS.CS.CSc1ccccc1.CSc1ccccc1.CSc1ccccc1. The molecular formula is C111H138O8S7. The van der Waals surface area contributed by atoms with Gasteiger partial charge in [0.1, 0.15) is 0 Å². The summed E-state index contributed by atoms with van der Waals surface area (Å²) < 4.78 is 0. The Morgan fingerprint density at radius 1 is 0.151 bits per heavy atom. The molecule has 8 N–H and O–H groups in total. The van der Waals surface area contributed by atoms with Crippen molar-refractivity contribution in [2.45, 2.75) is 53.2 Å². The Bertz CT molecular complexity index is 4140. The van der Waals surface area contributed by atoms with Crippen LogP contribution in [0.25, 0.3) is 66.8 Å². The van der Waals surface area contributed by atoms with Crippen LogP contribution in [0.2, 0.25) is 0 Å². The van der Waals surface area contributed by atoms with E-state index in [1.54, 1.807) is 60.3 Å². The molecule has 0 bridgehead atoms. The van der Waals surface area contributed by atoms with Crippen molar-refractivity contribution in [2.75, 3.05) is 101 Å². The zero-order valence-electron chi connectivity index (χ0n) is 76.7. The Morgan fingerprint density at radius 2 is 0.254 bits per heavy atom. The van der Waals surface area contributed by atoms with E-state index in [0.29, 0.717) is 17.8 Å². The van der Waals surface area contributed by atoms with Gasteiger partial charge in [-0.05, 0) is 180 Å². The topological polar surface area (TPSA) is 162 Å². The number of rotatable bonds is 15. The second kappa shape index (κ2) is 83.6. The van der Waals surface area contributed by atoms with Gasteiger partial charge in [0.2, 0.25) is 0 Å². The molecule has 0 unspecified atom stereocenters. The van der Waals surface area contributed by atoms with Gasteiger partial charge in [-0.15, -0.1) is 35.3 Å². The van der Waals surface area contributed by atoms with E-state index in [1.165, 1.54) is 115 Å². The number of thioether (sulfide) groups is 3.